The van der Waals surface area contributed by atoms with Gasteiger partial charge in [0, 0.05) is 13.1 Å². The van der Waals surface area contributed by atoms with Crippen molar-refractivity contribution < 1.29 is 0 Å². The molecule has 3 aromatic carbocycles. The zero-order chi connectivity index (χ0) is 14.3. The summed E-state index contributed by atoms with van der Waals surface area (Å²) in [4.78, 5) is 0. The first-order chi connectivity index (χ1) is 10.4. The topological polar surface area (TPSA) is 12.0 Å². The van der Waals surface area contributed by atoms with E-state index in [-0.39, 0.29) is 0 Å². The molecule has 1 heteroatoms. The fraction of sp³-hybridized carbons (Fsp3) is 0.100. The molecule has 0 bridgehead atoms. The number of fused-ring (bicyclic) bond motifs is 1. The Morgan fingerprint density at radius 2 is 1.52 bits per heavy atom. The van der Waals surface area contributed by atoms with Gasteiger partial charge >= 0.3 is 0 Å². The predicted molar refractivity (Wildman–Crippen MR) is 91.1 cm³/mol. The molecule has 0 unspecified atom stereocenters. The second-order valence-corrected chi connectivity index (χ2v) is 5.08. The third-order valence-corrected chi connectivity index (χ3v) is 3.57. The normalized spacial score (nSPS) is 11.2. The van der Waals surface area contributed by atoms with Crippen LogP contribution in [0.5, 0.6) is 0 Å². The second kappa shape index (κ2) is 6.87. The highest BCUT2D eigenvalue weighted by molar-refractivity contribution is 5.85. The van der Waals surface area contributed by atoms with Crippen molar-refractivity contribution in [2.24, 2.45) is 0 Å². The molecule has 0 amide bonds. The largest absolute Gasteiger partial charge is 0.309 e. The minimum absolute atomic E-state index is 0.873. The summed E-state index contributed by atoms with van der Waals surface area (Å²) in [5.74, 6) is 0. The van der Waals surface area contributed by atoms with Crippen LogP contribution in [0.15, 0.2) is 78.9 Å². The van der Waals surface area contributed by atoms with Crippen LogP contribution in [0.3, 0.4) is 0 Å². The average molecular weight is 273 g/mol. The number of benzene rings is 3. The van der Waals surface area contributed by atoms with Crippen LogP contribution in [0.1, 0.15) is 11.1 Å². The summed E-state index contributed by atoms with van der Waals surface area (Å²) in [6, 6.07) is 25.4. The van der Waals surface area contributed by atoms with Crippen molar-refractivity contribution in [3.05, 3.63) is 90.0 Å². The van der Waals surface area contributed by atoms with Crippen LogP contribution >= 0.6 is 0 Å². The van der Waals surface area contributed by atoms with Crippen molar-refractivity contribution in [2.75, 3.05) is 6.54 Å². The first-order valence-corrected chi connectivity index (χ1v) is 7.32. The number of rotatable bonds is 5. The van der Waals surface area contributed by atoms with E-state index in [4.69, 9.17) is 0 Å². The lowest BCUT2D eigenvalue weighted by Crippen LogP contribution is -2.12. The summed E-state index contributed by atoms with van der Waals surface area (Å²) in [6.45, 7) is 1.76. The Labute approximate surface area is 125 Å². The van der Waals surface area contributed by atoms with Gasteiger partial charge < -0.3 is 5.32 Å². The van der Waals surface area contributed by atoms with Crippen LogP contribution in [0.25, 0.3) is 16.8 Å². The Kier molecular flexibility index (Phi) is 4.45. The molecule has 0 aliphatic carbocycles. The van der Waals surface area contributed by atoms with Crippen LogP contribution < -0.4 is 5.32 Å². The maximum Gasteiger partial charge on any atom is 0.0214 e. The highest BCUT2D eigenvalue weighted by Crippen LogP contribution is 2.18. The lowest BCUT2D eigenvalue weighted by Gasteiger charge is -2.06. The molecular weight excluding hydrogens is 254 g/mol. The third-order valence-electron chi connectivity index (χ3n) is 3.57. The molecule has 0 radical (unpaired) electrons. The first kappa shape index (κ1) is 13.6. The fourth-order valence-electron chi connectivity index (χ4n) is 2.50. The van der Waals surface area contributed by atoms with E-state index in [1.165, 1.54) is 21.9 Å². The highest BCUT2D eigenvalue weighted by atomic mass is 14.8. The summed E-state index contributed by atoms with van der Waals surface area (Å²) < 4.78 is 0. The Bertz CT molecular complexity index is 724. The molecule has 0 atom stereocenters. The van der Waals surface area contributed by atoms with Crippen molar-refractivity contribution in [3.8, 4) is 0 Å². The Balaban J connectivity index is 1.59. The molecule has 3 aromatic rings. The van der Waals surface area contributed by atoms with Gasteiger partial charge in [0.05, 0.1) is 0 Å². The van der Waals surface area contributed by atoms with Crippen LogP contribution in [0, 0.1) is 0 Å². The number of nitrogens with one attached hydrogen (secondary N) is 1. The van der Waals surface area contributed by atoms with Crippen molar-refractivity contribution in [2.45, 2.75) is 6.54 Å². The van der Waals surface area contributed by atoms with Gasteiger partial charge in [0.1, 0.15) is 0 Å². The quantitative estimate of drug-likeness (QED) is 0.668. The summed E-state index contributed by atoms with van der Waals surface area (Å²) in [7, 11) is 0. The Morgan fingerprint density at radius 3 is 2.43 bits per heavy atom. The molecule has 3 rings (SSSR count). The summed E-state index contributed by atoms with van der Waals surface area (Å²) in [6.07, 6.45) is 4.32. The average Bonchev–Trinajstić information content (AvgIpc) is 2.56. The van der Waals surface area contributed by atoms with Crippen molar-refractivity contribution in [1.29, 1.82) is 0 Å². The zero-order valence-electron chi connectivity index (χ0n) is 12.0. The minimum Gasteiger partial charge on any atom is -0.309 e. The number of hydrogen-bond donors (Lipinski definition) is 1. The summed E-state index contributed by atoms with van der Waals surface area (Å²) in [5.41, 5.74) is 2.59. The molecule has 21 heavy (non-hydrogen) atoms. The standard InChI is InChI=1S/C20H19N/c1-2-8-17(9-3-1)10-7-15-21-16-19-13-6-12-18-11-4-5-14-20(18)19/h1-14,21H,15-16H2. The monoisotopic (exact) mass is 273 g/mol. The lowest BCUT2D eigenvalue weighted by molar-refractivity contribution is 0.765. The SMILES string of the molecule is C(=Cc1ccccc1)CNCc1cccc2ccccc12. The van der Waals surface area contributed by atoms with E-state index < -0.39 is 0 Å². The maximum atomic E-state index is 3.48. The fourth-order valence-corrected chi connectivity index (χ4v) is 2.50. The van der Waals surface area contributed by atoms with E-state index in [0.29, 0.717) is 0 Å². The minimum atomic E-state index is 0.873. The van der Waals surface area contributed by atoms with Gasteiger partial charge in [0.25, 0.3) is 0 Å². The lowest BCUT2D eigenvalue weighted by atomic mass is 10.0. The van der Waals surface area contributed by atoms with E-state index in [2.05, 4.69) is 84.2 Å². The molecule has 0 aliphatic heterocycles. The van der Waals surface area contributed by atoms with Gasteiger partial charge in [-0.2, -0.15) is 0 Å². The first-order valence-electron chi connectivity index (χ1n) is 7.32. The van der Waals surface area contributed by atoms with Gasteiger partial charge in [-0.25, -0.2) is 0 Å². The smallest absolute Gasteiger partial charge is 0.0214 e. The van der Waals surface area contributed by atoms with Gasteiger partial charge in [-0.05, 0) is 21.9 Å². The van der Waals surface area contributed by atoms with Crippen LogP contribution in [0.4, 0.5) is 0 Å². The summed E-state index contributed by atoms with van der Waals surface area (Å²) in [5, 5.41) is 6.11. The maximum absolute atomic E-state index is 3.48. The van der Waals surface area contributed by atoms with Crippen LogP contribution in [0.2, 0.25) is 0 Å². The number of hydrogen-bond acceptors (Lipinski definition) is 1. The molecular formula is C20H19N. The van der Waals surface area contributed by atoms with E-state index in [0.717, 1.165) is 13.1 Å². The molecule has 1 N–H and O–H groups in total. The molecule has 0 fully saturated rings. The van der Waals surface area contributed by atoms with E-state index >= 15 is 0 Å². The molecule has 0 saturated carbocycles. The third kappa shape index (κ3) is 3.59. The van der Waals surface area contributed by atoms with Crippen molar-refractivity contribution >= 4 is 16.8 Å². The van der Waals surface area contributed by atoms with Gasteiger partial charge in [0.15, 0.2) is 0 Å². The predicted octanol–water partition coefficient (Wildman–Crippen LogP) is 4.64. The summed E-state index contributed by atoms with van der Waals surface area (Å²) >= 11 is 0. The Morgan fingerprint density at radius 1 is 0.762 bits per heavy atom. The molecule has 0 spiro atoms. The molecule has 0 aromatic heterocycles. The second-order valence-electron chi connectivity index (χ2n) is 5.08. The molecule has 0 heterocycles. The van der Waals surface area contributed by atoms with Gasteiger partial charge in [-0.15, -0.1) is 0 Å². The van der Waals surface area contributed by atoms with Gasteiger partial charge in [-0.1, -0.05) is 84.9 Å². The van der Waals surface area contributed by atoms with Crippen LogP contribution in [-0.2, 0) is 6.54 Å². The molecule has 0 aliphatic rings. The van der Waals surface area contributed by atoms with Crippen molar-refractivity contribution in [3.63, 3.8) is 0 Å². The zero-order valence-corrected chi connectivity index (χ0v) is 12.0. The molecule has 104 valence electrons. The van der Waals surface area contributed by atoms with E-state index in [9.17, 15) is 0 Å². The molecule has 0 saturated heterocycles. The van der Waals surface area contributed by atoms with Crippen LogP contribution in [-0.4, -0.2) is 6.54 Å². The van der Waals surface area contributed by atoms with Gasteiger partial charge in [0.2, 0.25) is 0 Å². The molecule has 1 nitrogen and oxygen atoms in total. The van der Waals surface area contributed by atoms with Crippen molar-refractivity contribution in [1.82, 2.24) is 5.32 Å². The van der Waals surface area contributed by atoms with E-state index in [1.54, 1.807) is 0 Å². The highest BCUT2D eigenvalue weighted by Gasteiger charge is 1.98. The Hall–Kier alpha value is -2.38. The van der Waals surface area contributed by atoms with E-state index in [1.807, 2.05) is 6.07 Å². The van der Waals surface area contributed by atoms with Gasteiger partial charge in [-0.3, -0.25) is 0 Å².